The zero-order valence-corrected chi connectivity index (χ0v) is 8.06. The fraction of sp³-hybridized carbons (Fsp3) is 0.455. The standard InChI is InChI=1S/C11H16N2/c1-12-7-9-3-2-4-10-8-13-6-5-11(9)10/h2-4,12-13H,5-8H2,1H3. The highest BCUT2D eigenvalue weighted by Gasteiger charge is 2.10. The minimum absolute atomic E-state index is 0.989. The van der Waals surface area contributed by atoms with Crippen LogP contribution >= 0.6 is 0 Å². The molecule has 2 N–H and O–H groups in total. The number of hydrogen-bond acceptors (Lipinski definition) is 2. The van der Waals surface area contributed by atoms with E-state index in [1.165, 1.54) is 17.5 Å². The Morgan fingerprint density at radius 1 is 1.46 bits per heavy atom. The van der Waals surface area contributed by atoms with Crippen LogP contribution in [0, 0.1) is 0 Å². The molecule has 2 heteroatoms. The summed E-state index contributed by atoms with van der Waals surface area (Å²) in [5, 5.41) is 6.60. The van der Waals surface area contributed by atoms with Crippen LogP contribution in [0.3, 0.4) is 0 Å². The van der Waals surface area contributed by atoms with E-state index in [0.29, 0.717) is 0 Å². The molecule has 0 bridgehead atoms. The average Bonchev–Trinajstić information content (AvgIpc) is 2.19. The lowest BCUT2D eigenvalue weighted by Gasteiger charge is -2.20. The zero-order valence-electron chi connectivity index (χ0n) is 8.06. The van der Waals surface area contributed by atoms with Gasteiger partial charge in [0.05, 0.1) is 0 Å². The number of benzene rings is 1. The first-order chi connectivity index (χ1) is 6.42. The van der Waals surface area contributed by atoms with Gasteiger partial charge in [-0.2, -0.15) is 0 Å². The average molecular weight is 176 g/mol. The monoisotopic (exact) mass is 176 g/mol. The zero-order chi connectivity index (χ0) is 9.10. The third-order valence-electron chi connectivity index (χ3n) is 2.60. The van der Waals surface area contributed by atoms with Crippen molar-refractivity contribution in [2.45, 2.75) is 19.5 Å². The first-order valence-corrected chi connectivity index (χ1v) is 4.87. The van der Waals surface area contributed by atoms with Crippen LogP contribution in [0.15, 0.2) is 18.2 Å². The van der Waals surface area contributed by atoms with Gasteiger partial charge in [-0.15, -0.1) is 0 Å². The van der Waals surface area contributed by atoms with Crippen molar-refractivity contribution in [1.29, 1.82) is 0 Å². The van der Waals surface area contributed by atoms with Crippen molar-refractivity contribution in [1.82, 2.24) is 10.6 Å². The topological polar surface area (TPSA) is 24.1 Å². The number of nitrogens with one attached hydrogen (secondary N) is 2. The molecule has 0 aromatic heterocycles. The third-order valence-corrected chi connectivity index (χ3v) is 2.60. The number of fused-ring (bicyclic) bond motifs is 1. The van der Waals surface area contributed by atoms with Gasteiger partial charge < -0.3 is 10.6 Å². The third kappa shape index (κ3) is 1.74. The fourth-order valence-corrected chi connectivity index (χ4v) is 1.97. The minimum Gasteiger partial charge on any atom is -0.316 e. The first kappa shape index (κ1) is 8.73. The quantitative estimate of drug-likeness (QED) is 0.704. The molecule has 2 rings (SSSR count). The second-order valence-corrected chi connectivity index (χ2v) is 3.51. The molecule has 1 aliphatic heterocycles. The van der Waals surface area contributed by atoms with Crippen molar-refractivity contribution in [3.63, 3.8) is 0 Å². The predicted octanol–water partition coefficient (Wildman–Crippen LogP) is 1.05. The molecule has 0 saturated heterocycles. The molecule has 0 amide bonds. The summed E-state index contributed by atoms with van der Waals surface area (Å²) in [4.78, 5) is 0. The molecule has 0 radical (unpaired) electrons. The van der Waals surface area contributed by atoms with Crippen molar-refractivity contribution < 1.29 is 0 Å². The van der Waals surface area contributed by atoms with E-state index >= 15 is 0 Å². The van der Waals surface area contributed by atoms with E-state index in [4.69, 9.17) is 0 Å². The summed E-state index contributed by atoms with van der Waals surface area (Å²) in [5.41, 5.74) is 4.48. The summed E-state index contributed by atoms with van der Waals surface area (Å²) in [6, 6.07) is 6.60. The van der Waals surface area contributed by atoms with Crippen molar-refractivity contribution >= 4 is 0 Å². The molecule has 0 atom stereocenters. The SMILES string of the molecule is CNCc1cccc2c1CCNC2. The lowest BCUT2D eigenvalue weighted by molar-refractivity contribution is 0.635. The van der Waals surface area contributed by atoms with Crippen LogP contribution in [0.5, 0.6) is 0 Å². The van der Waals surface area contributed by atoms with Gasteiger partial charge in [-0.25, -0.2) is 0 Å². The maximum atomic E-state index is 3.39. The molecule has 13 heavy (non-hydrogen) atoms. The van der Waals surface area contributed by atoms with Crippen molar-refractivity contribution in [3.8, 4) is 0 Å². The van der Waals surface area contributed by atoms with Crippen LogP contribution in [-0.2, 0) is 19.5 Å². The highest BCUT2D eigenvalue weighted by atomic mass is 14.9. The van der Waals surface area contributed by atoms with Crippen LogP contribution in [-0.4, -0.2) is 13.6 Å². The van der Waals surface area contributed by atoms with Gasteiger partial charge in [0.25, 0.3) is 0 Å². The van der Waals surface area contributed by atoms with Crippen LogP contribution in [0.1, 0.15) is 16.7 Å². The number of hydrogen-bond donors (Lipinski definition) is 2. The van der Waals surface area contributed by atoms with Crippen LogP contribution in [0.25, 0.3) is 0 Å². The predicted molar refractivity (Wildman–Crippen MR) is 54.6 cm³/mol. The molecule has 0 spiro atoms. The highest BCUT2D eigenvalue weighted by molar-refractivity contribution is 5.36. The Hall–Kier alpha value is -0.860. The summed E-state index contributed by atoms with van der Waals surface area (Å²) in [6.07, 6.45) is 1.17. The number of rotatable bonds is 2. The van der Waals surface area contributed by atoms with Gasteiger partial charge in [-0.3, -0.25) is 0 Å². The molecule has 2 nitrogen and oxygen atoms in total. The van der Waals surface area contributed by atoms with Gasteiger partial charge in [0.1, 0.15) is 0 Å². The summed E-state index contributed by atoms with van der Waals surface area (Å²) in [5.74, 6) is 0. The molecule has 0 aliphatic carbocycles. The molecule has 1 aromatic rings. The summed E-state index contributed by atoms with van der Waals surface area (Å²) < 4.78 is 0. The van der Waals surface area contributed by atoms with Crippen LogP contribution < -0.4 is 10.6 Å². The molecule has 1 heterocycles. The smallest absolute Gasteiger partial charge is 0.0208 e. The molecule has 70 valence electrons. The Kier molecular flexibility index (Phi) is 2.62. The van der Waals surface area contributed by atoms with Crippen molar-refractivity contribution in [2.24, 2.45) is 0 Å². The Morgan fingerprint density at radius 2 is 2.38 bits per heavy atom. The van der Waals surface area contributed by atoms with Crippen molar-refractivity contribution in [2.75, 3.05) is 13.6 Å². The van der Waals surface area contributed by atoms with E-state index in [9.17, 15) is 0 Å². The largest absolute Gasteiger partial charge is 0.316 e. The molecular weight excluding hydrogens is 160 g/mol. The molecule has 0 saturated carbocycles. The van der Waals surface area contributed by atoms with Gasteiger partial charge in [0, 0.05) is 13.1 Å². The van der Waals surface area contributed by atoms with E-state index in [2.05, 4.69) is 28.8 Å². The second kappa shape index (κ2) is 3.90. The van der Waals surface area contributed by atoms with Crippen molar-refractivity contribution in [3.05, 3.63) is 34.9 Å². The normalized spacial score (nSPS) is 15.5. The second-order valence-electron chi connectivity index (χ2n) is 3.51. The van der Waals surface area contributed by atoms with Gasteiger partial charge in [0.15, 0.2) is 0 Å². The van der Waals surface area contributed by atoms with Crippen LogP contribution in [0.4, 0.5) is 0 Å². The summed E-state index contributed by atoms with van der Waals surface area (Å²) in [7, 11) is 2.00. The Balaban J connectivity index is 2.34. The molecule has 1 aromatic carbocycles. The van der Waals surface area contributed by atoms with Crippen LogP contribution in [0.2, 0.25) is 0 Å². The lowest BCUT2D eigenvalue weighted by atomic mass is 9.95. The molecular formula is C11H16N2. The molecule has 0 unspecified atom stereocenters. The van der Waals surface area contributed by atoms with Gasteiger partial charge in [-0.1, -0.05) is 18.2 Å². The summed E-state index contributed by atoms with van der Waals surface area (Å²) in [6.45, 7) is 3.14. The van der Waals surface area contributed by atoms with Gasteiger partial charge in [-0.05, 0) is 36.7 Å². The minimum atomic E-state index is 0.989. The Morgan fingerprint density at radius 3 is 3.23 bits per heavy atom. The molecule has 0 fully saturated rings. The first-order valence-electron chi connectivity index (χ1n) is 4.87. The van der Waals surface area contributed by atoms with Gasteiger partial charge in [0.2, 0.25) is 0 Å². The maximum Gasteiger partial charge on any atom is 0.0208 e. The highest BCUT2D eigenvalue weighted by Crippen LogP contribution is 2.18. The lowest BCUT2D eigenvalue weighted by Crippen LogP contribution is -2.25. The Labute approximate surface area is 79.4 Å². The molecule has 1 aliphatic rings. The summed E-state index contributed by atoms with van der Waals surface area (Å²) >= 11 is 0. The van der Waals surface area contributed by atoms with E-state index < -0.39 is 0 Å². The van der Waals surface area contributed by atoms with E-state index in [1.807, 2.05) is 7.05 Å². The Bertz CT molecular complexity index is 294. The maximum absolute atomic E-state index is 3.39. The van der Waals surface area contributed by atoms with E-state index in [1.54, 1.807) is 5.56 Å². The van der Waals surface area contributed by atoms with Gasteiger partial charge >= 0.3 is 0 Å². The van der Waals surface area contributed by atoms with E-state index in [-0.39, 0.29) is 0 Å². The van der Waals surface area contributed by atoms with E-state index in [0.717, 1.165) is 19.6 Å². The fourth-order valence-electron chi connectivity index (χ4n) is 1.97.